The zero-order valence-electron chi connectivity index (χ0n) is 15.1. The van der Waals surface area contributed by atoms with Gasteiger partial charge in [0.25, 0.3) is 0 Å². The highest BCUT2D eigenvalue weighted by Gasteiger charge is 2.42. The summed E-state index contributed by atoms with van der Waals surface area (Å²) in [4.78, 5) is 18.5. The standard InChI is InChI=1S/C18H25N3O3S2/c1-3-4-9-21(2)17(22)10-13-5-7-14(8-6-13)19-18-20-15-11-26(23,24)12-16(15)25-18/h5-8,15-16H,3-4,9-12H2,1-2H3,(H,19,20)/t15-,16-/m0/s1. The third-order valence-electron chi connectivity index (χ3n) is 4.65. The monoisotopic (exact) mass is 395 g/mol. The lowest BCUT2D eigenvalue weighted by molar-refractivity contribution is -0.129. The molecule has 0 spiro atoms. The van der Waals surface area contributed by atoms with E-state index in [1.165, 1.54) is 11.8 Å². The topological polar surface area (TPSA) is 78.8 Å². The Hall–Kier alpha value is -1.54. The van der Waals surface area contributed by atoms with Gasteiger partial charge in [-0.15, -0.1) is 0 Å². The molecule has 1 amide bonds. The Bertz CT molecular complexity index is 790. The molecule has 0 aromatic heterocycles. The second kappa shape index (κ2) is 8.00. The van der Waals surface area contributed by atoms with E-state index in [1.807, 2.05) is 31.3 Å². The van der Waals surface area contributed by atoms with Crippen LogP contribution in [-0.2, 0) is 21.1 Å². The number of carbonyl (C=O) groups excluding carboxylic acids is 1. The maximum Gasteiger partial charge on any atom is 0.226 e. The average Bonchev–Trinajstić information content (AvgIpc) is 3.06. The summed E-state index contributed by atoms with van der Waals surface area (Å²) in [6.45, 7) is 2.91. The predicted molar refractivity (Wildman–Crippen MR) is 108 cm³/mol. The molecule has 26 heavy (non-hydrogen) atoms. The first-order valence-corrected chi connectivity index (χ1v) is 11.6. The van der Waals surface area contributed by atoms with Crippen molar-refractivity contribution in [3.63, 3.8) is 0 Å². The number of unbranched alkanes of at least 4 members (excludes halogenated alkanes) is 1. The molecule has 8 heteroatoms. The van der Waals surface area contributed by atoms with E-state index in [9.17, 15) is 13.2 Å². The maximum atomic E-state index is 12.2. The largest absolute Gasteiger partial charge is 0.345 e. The normalized spacial score (nSPS) is 23.4. The molecule has 0 radical (unpaired) electrons. The van der Waals surface area contributed by atoms with Crippen LogP contribution in [0.25, 0.3) is 0 Å². The SMILES string of the molecule is CCCCN(C)C(=O)Cc1ccc(NC2=N[C@H]3CS(=O)(=O)C[C@@H]3S2)cc1. The Morgan fingerprint density at radius 3 is 2.69 bits per heavy atom. The van der Waals surface area contributed by atoms with Gasteiger partial charge in [-0.2, -0.15) is 0 Å². The molecule has 0 saturated carbocycles. The van der Waals surface area contributed by atoms with E-state index in [2.05, 4.69) is 17.2 Å². The molecule has 0 unspecified atom stereocenters. The Labute approximate surface area is 159 Å². The molecule has 0 aliphatic carbocycles. The van der Waals surface area contributed by atoms with Crippen LogP contribution in [0.1, 0.15) is 25.3 Å². The highest BCUT2D eigenvalue weighted by molar-refractivity contribution is 8.15. The number of hydrogen-bond donors (Lipinski definition) is 1. The number of amides is 1. The van der Waals surface area contributed by atoms with Crippen LogP contribution < -0.4 is 5.32 Å². The number of sulfone groups is 1. The summed E-state index contributed by atoms with van der Waals surface area (Å²) < 4.78 is 23.2. The molecular weight excluding hydrogens is 370 g/mol. The Morgan fingerprint density at radius 2 is 2.04 bits per heavy atom. The molecule has 1 N–H and O–H groups in total. The molecule has 3 rings (SSSR count). The quantitative estimate of drug-likeness (QED) is 0.799. The van der Waals surface area contributed by atoms with Gasteiger partial charge in [0.05, 0.1) is 24.0 Å². The van der Waals surface area contributed by atoms with Gasteiger partial charge in [0.2, 0.25) is 5.91 Å². The van der Waals surface area contributed by atoms with Gasteiger partial charge in [-0.3, -0.25) is 9.79 Å². The van der Waals surface area contributed by atoms with Crippen LogP contribution in [0.4, 0.5) is 5.69 Å². The van der Waals surface area contributed by atoms with Gasteiger partial charge < -0.3 is 10.2 Å². The van der Waals surface area contributed by atoms with Crippen LogP contribution in [0.15, 0.2) is 29.3 Å². The van der Waals surface area contributed by atoms with E-state index in [0.717, 1.165) is 35.8 Å². The highest BCUT2D eigenvalue weighted by Crippen LogP contribution is 2.34. The first-order valence-electron chi connectivity index (χ1n) is 8.91. The van der Waals surface area contributed by atoms with E-state index >= 15 is 0 Å². The number of likely N-dealkylation sites (N-methyl/N-ethyl adjacent to an activating group) is 1. The van der Waals surface area contributed by atoms with Crippen molar-refractivity contribution in [1.82, 2.24) is 4.90 Å². The lowest BCUT2D eigenvalue weighted by Crippen LogP contribution is -2.29. The number of fused-ring (bicyclic) bond motifs is 1. The van der Waals surface area contributed by atoms with Crippen molar-refractivity contribution < 1.29 is 13.2 Å². The summed E-state index contributed by atoms with van der Waals surface area (Å²) in [5.41, 5.74) is 1.88. The number of hydrogen-bond acceptors (Lipinski definition) is 6. The Morgan fingerprint density at radius 1 is 1.31 bits per heavy atom. The van der Waals surface area contributed by atoms with Gasteiger partial charge in [0, 0.05) is 24.5 Å². The van der Waals surface area contributed by atoms with Crippen LogP contribution in [0, 0.1) is 0 Å². The van der Waals surface area contributed by atoms with Crippen LogP contribution in [0.5, 0.6) is 0 Å². The number of anilines is 1. The first-order chi connectivity index (χ1) is 12.4. The van der Waals surface area contributed by atoms with Gasteiger partial charge in [-0.25, -0.2) is 8.42 Å². The number of aliphatic imine (C=N–C) groups is 1. The van der Waals surface area contributed by atoms with Gasteiger partial charge in [0.15, 0.2) is 15.0 Å². The molecule has 1 aromatic carbocycles. The molecule has 6 nitrogen and oxygen atoms in total. The number of rotatable bonds is 6. The van der Waals surface area contributed by atoms with Crippen molar-refractivity contribution >= 4 is 38.4 Å². The smallest absolute Gasteiger partial charge is 0.226 e. The summed E-state index contributed by atoms with van der Waals surface area (Å²) in [5, 5.41) is 4.07. The van der Waals surface area contributed by atoms with Crippen LogP contribution in [0.2, 0.25) is 0 Å². The molecule has 2 heterocycles. The molecule has 2 aliphatic heterocycles. The zero-order chi connectivity index (χ0) is 18.7. The number of nitrogens with one attached hydrogen (secondary N) is 1. The minimum Gasteiger partial charge on any atom is -0.345 e. The van der Waals surface area contributed by atoms with E-state index < -0.39 is 9.84 Å². The van der Waals surface area contributed by atoms with Gasteiger partial charge in [-0.1, -0.05) is 37.2 Å². The van der Waals surface area contributed by atoms with Crippen molar-refractivity contribution in [2.24, 2.45) is 4.99 Å². The lowest BCUT2D eigenvalue weighted by Gasteiger charge is -2.16. The summed E-state index contributed by atoms with van der Waals surface area (Å²) in [6, 6.07) is 7.63. The second-order valence-corrected chi connectivity index (χ2v) is 10.3. The summed E-state index contributed by atoms with van der Waals surface area (Å²) in [5.74, 6) is 0.496. The number of nitrogens with zero attached hydrogens (tertiary/aromatic N) is 2. The van der Waals surface area contributed by atoms with Crippen LogP contribution in [0.3, 0.4) is 0 Å². The van der Waals surface area contributed by atoms with E-state index in [1.54, 1.807) is 4.90 Å². The minimum absolute atomic E-state index is 0.0399. The van der Waals surface area contributed by atoms with Crippen molar-refractivity contribution in [1.29, 1.82) is 0 Å². The first kappa shape index (κ1) is 19.2. The number of benzene rings is 1. The van der Waals surface area contributed by atoms with Crippen LogP contribution >= 0.6 is 11.8 Å². The van der Waals surface area contributed by atoms with Crippen molar-refractivity contribution in [2.45, 2.75) is 37.5 Å². The fraction of sp³-hybridized carbons (Fsp3) is 0.556. The Balaban J connectivity index is 1.53. The maximum absolute atomic E-state index is 12.2. The fourth-order valence-corrected chi connectivity index (χ4v) is 6.75. The summed E-state index contributed by atoms with van der Waals surface area (Å²) >= 11 is 1.50. The lowest BCUT2D eigenvalue weighted by atomic mass is 10.1. The third-order valence-corrected chi connectivity index (χ3v) is 7.79. The molecule has 1 aromatic rings. The molecule has 1 fully saturated rings. The van der Waals surface area contributed by atoms with Crippen molar-refractivity contribution in [3.05, 3.63) is 29.8 Å². The van der Waals surface area contributed by atoms with Gasteiger partial charge in [0.1, 0.15) is 0 Å². The molecule has 0 bridgehead atoms. The molecular formula is C18H25N3O3S2. The van der Waals surface area contributed by atoms with Gasteiger partial charge >= 0.3 is 0 Å². The molecule has 1 saturated heterocycles. The van der Waals surface area contributed by atoms with Crippen molar-refractivity contribution in [3.8, 4) is 0 Å². The van der Waals surface area contributed by atoms with E-state index in [4.69, 9.17) is 0 Å². The zero-order valence-corrected chi connectivity index (χ0v) is 16.8. The fourth-order valence-electron chi connectivity index (χ4n) is 3.07. The highest BCUT2D eigenvalue weighted by atomic mass is 32.2. The minimum atomic E-state index is -2.92. The second-order valence-electron chi connectivity index (χ2n) is 6.90. The average molecular weight is 396 g/mol. The van der Waals surface area contributed by atoms with E-state index in [-0.39, 0.29) is 28.7 Å². The molecule has 142 valence electrons. The van der Waals surface area contributed by atoms with E-state index in [0.29, 0.717) is 6.42 Å². The van der Waals surface area contributed by atoms with Crippen LogP contribution in [-0.4, -0.2) is 60.8 Å². The number of amidine groups is 1. The molecule has 2 atom stereocenters. The summed E-state index contributed by atoms with van der Waals surface area (Å²) in [6.07, 6.45) is 2.50. The third kappa shape index (κ3) is 4.79. The Kier molecular flexibility index (Phi) is 5.92. The predicted octanol–water partition coefficient (Wildman–Crippen LogP) is 2.17. The summed E-state index contributed by atoms with van der Waals surface area (Å²) in [7, 11) is -1.08. The molecule has 2 aliphatic rings. The van der Waals surface area contributed by atoms with Crippen molar-refractivity contribution in [2.75, 3.05) is 30.4 Å². The van der Waals surface area contributed by atoms with Gasteiger partial charge in [-0.05, 0) is 24.1 Å². The number of thioether (sulfide) groups is 1. The number of carbonyl (C=O) groups is 1.